The molecule has 1 aliphatic carbocycles. The summed E-state index contributed by atoms with van der Waals surface area (Å²) < 4.78 is 5.49. The van der Waals surface area contributed by atoms with Gasteiger partial charge in [0, 0.05) is 31.6 Å². The standard InChI is InChI=1S/C20H28N2O3/c1-13(2)11-22-12-17(9-19(22)23)20(24)21-10-16-7-14-5-4-6-15(14)8-18(16)25-3/h7-8,13,17H,4-6,9-12H2,1-3H3,(H,21,24)/t17-/m0/s1. The zero-order valence-electron chi connectivity index (χ0n) is 15.4. The van der Waals surface area contributed by atoms with Gasteiger partial charge < -0.3 is 15.0 Å². The Kier molecular flexibility index (Phi) is 5.30. The number of rotatable bonds is 6. The fourth-order valence-electron chi connectivity index (χ4n) is 3.87. The predicted molar refractivity (Wildman–Crippen MR) is 96.4 cm³/mol. The quantitative estimate of drug-likeness (QED) is 0.861. The molecule has 0 saturated carbocycles. The molecule has 3 rings (SSSR count). The van der Waals surface area contributed by atoms with Gasteiger partial charge >= 0.3 is 0 Å². The molecule has 1 atom stereocenters. The fourth-order valence-corrected chi connectivity index (χ4v) is 3.87. The van der Waals surface area contributed by atoms with Crippen LogP contribution in [0.25, 0.3) is 0 Å². The summed E-state index contributed by atoms with van der Waals surface area (Å²) in [7, 11) is 1.67. The highest BCUT2D eigenvalue weighted by Crippen LogP contribution is 2.30. The van der Waals surface area contributed by atoms with Crippen LogP contribution in [-0.4, -0.2) is 36.9 Å². The van der Waals surface area contributed by atoms with Crippen LogP contribution < -0.4 is 10.1 Å². The Bertz CT molecular complexity index is 669. The van der Waals surface area contributed by atoms with Crippen LogP contribution in [0.3, 0.4) is 0 Å². The second-order valence-corrected chi connectivity index (χ2v) is 7.60. The van der Waals surface area contributed by atoms with Crippen LogP contribution in [0.2, 0.25) is 0 Å². The molecule has 1 aromatic rings. The first-order valence-electron chi connectivity index (χ1n) is 9.22. The zero-order valence-corrected chi connectivity index (χ0v) is 15.4. The van der Waals surface area contributed by atoms with Gasteiger partial charge in [0.2, 0.25) is 11.8 Å². The highest BCUT2D eigenvalue weighted by Gasteiger charge is 2.34. The maximum Gasteiger partial charge on any atom is 0.225 e. The van der Waals surface area contributed by atoms with Gasteiger partial charge in [-0.25, -0.2) is 0 Å². The van der Waals surface area contributed by atoms with E-state index >= 15 is 0 Å². The third-order valence-corrected chi connectivity index (χ3v) is 5.12. The first-order chi connectivity index (χ1) is 12.0. The van der Waals surface area contributed by atoms with Gasteiger partial charge in [-0.3, -0.25) is 9.59 Å². The monoisotopic (exact) mass is 344 g/mol. The van der Waals surface area contributed by atoms with E-state index in [0.717, 1.165) is 30.7 Å². The Morgan fingerprint density at radius 2 is 2.04 bits per heavy atom. The lowest BCUT2D eigenvalue weighted by Crippen LogP contribution is -2.33. The summed E-state index contributed by atoms with van der Waals surface area (Å²) >= 11 is 0. The van der Waals surface area contributed by atoms with Crippen molar-refractivity contribution in [2.45, 2.75) is 46.1 Å². The molecular formula is C20H28N2O3. The molecule has 1 aromatic carbocycles. The number of likely N-dealkylation sites (tertiary alicyclic amines) is 1. The molecule has 2 amide bonds. The van der Waals surface area contributed by atoms with Gasteiger partial charge in [0.05, 0.1) is 13.0 Å². The van der Waals surface area contributed by atoms with Crippen molar-refractivity contribution in [3.8, 4) is 5.75 Å². The Hall–Kier alpha value is -2.04. The van der Waals surface area contributed by atoms with E-state index in [4.69, 9.17) is 4.74 Å². The molecule has 1 aliphatic heterocycles. The van der Waals surface area contributed by atoms with E-state index in [1.54, 1.807) is 7.11 Å². The van der Waals surface area contributed by atoms with E-state index in [2.05, 4.69) is 31.3 Å². The number of benzene rings is 1. The molecular weight excluding hydrogens is 316 g/mol. The Morgan fingerprint density at radius 1 is 1.32 bits per heavy atom. The number of fused-ring (bicyclic) bond motifs is 1. The molecule has 25 heavy (non-hydrogen) atoms. The lowest BCUT2D eigenvalue weighted by Gasteiger charge is -2.19. The number of nitrogens with zero attached hydrogens (tertiary/aromatic N) is 1. The summed E-state index contributed by atoms with van der Waals surface area (Å²) in [5.41, 5.74) is 3.74. The minimum absolute atomic E-state index is 0.0397. The smallest absolute Gasteiger partial charge is 0.225 e. The van der Waals surface area contributed by atoms with Crippen LogP contribution in [0, 0.1) is 11.8 Å². The summed E-state index contributed by atoms with van der Waals surface area (Å²) in [6, 6.07) is 4.26. The van der Waals surface area contributed by atoms with Gasteiger partial charge in [0.15, 0.2) is 0 Å². The van der Waals surface area contributed by atoms with E-state index in [0.29, 0.717) is 25.4 Å². The Labute approximate surface area is 149 Å². The van der Waals surface area contributed by atoms with Crippen molar-refractivity contribution in [3.63, 3.8) is 0 Å². The number of nitrogens with one attached hydrogen (secondary N) is 1. The summed E-state index contributed by atoms with van der Waals surface area (Å²) in [5.74, 6) is 1.06. The van der Waals surface area contributed by atoms with Crippen molar-refractivity contribution in [3.05, 3.63) is 28.8 Å². The van der Waals surface area contributed by atoms with Crippen LogP contribution in [0.4, 0.5) is 0 Å². The van der Waals surface area contributed by atoms with Crippen LogP contribution >= 0.6 is 0 Å². The lowest BCUT2D eigenvalue weighted by atomic mass is 10.0. The van der Waals surface area contributed by atoms with Gasteiger partial charge in [0.1, 0.15) is 5.75 Å². The van der Waals surface area contributed by atoms with E-state index in [-0.39, 0.29) is 17.7 Å². The molecule has 5 heteroatoms. The Balaban J connectivity index is 1.60. The second-order valence-electron chi connectivity index (χ2n) is 7.60. The van der Waals surface area contributed by atoms with Crippen LogP contribution in [-0.2, 0) is 29.0 Å². The molecule has 5 nitrogen and oxygen atoms in total. The molecule has 1 saturated heterocycles. The van der Waals surface area contributed by atoms with Gasteiger partial charge in [-0.15, -0.1) is 0 Å². The molecule has 136 valence electrons. The second kappa shape index (κ2) is 7.46. The van der Waals surface area contributed by atoms with E-state index in [1.807, 2.05) is 4.90 Å². The van der Waals surface area contributed by atoms with Crippen molar-refractivity contribution in [2.24, 2.45) is 11.8 Å². The first kappa shape index (κ1) is 17.8. The molecule has 0 bridgehead atoms. The van der Waals surface area contributed by atoms with Gasteiger partial charge in [-0.1, -0.05) is 19.9 Å². The predicted octanol–water partition coefficient (Wildman–Crippen LogP) is 2.30. The summed E-state index contributed by atoms with van der Waals surface area (Å²) in [4.78, 5) is 26.4. The third kappa shape index (κ3) is 3.97. The summed E-state index contributed by atoms with van der Waals surface area (Å²) in [5, 5.41) is 3.00. The fraction of sp³-hybridized carbons (Fsp3) is 0.600. The highest BCUT2D eigenvalue weighted by molar-refractivity contribution is 5.89. The van der Waals surface area contributed by atoms with Crippen molar-refractivity contribution < 1.29 is 14.3 Å². The van der Waals surface area contributed by atoms with Crippen LogP contribution in [0.15, 0.2) is 12.1 Å². The number of carbonyl (C=O) groups excluding carboxylic acids is 2. The molecule has 0 unspecified atom stereocenters. The SMILES string of the molecule is COc1cc2c(cc1CNC(=O)[C@H]1CC(=O)N(CC(C)C)C1)CCC2. The van der Waals surface area contributed by atoms with Crippen molar-refractivity contribution in [2.75, 3.05) is 20.2 Å². The number of hydrogen-bond donors (Lipinski definition) is 1. The third-order valence-electron chi connectivity index (χ3n) is 5.12. The molecule has 0 aromatic heterocycles. The van der Waals surface area contributed by atoms with Crippen molar-refractivity contribution in [1.29, 1.82) is 0 Å². The van der Waals surface area contributed by atoms with Gasteiger partial charge in [0.25, 0.3) is 0 Å². The number of aryl methyl sites for hydroxylation is 2. The largest absolute Gasteiger partial charge is 0.496 e. The lowest BCUT2D eigenvalue weighted by molar-refractivity contribution is -0.129. The Morgan fingerprint density at radius 3 is 2.72 bits per heavy atom. The average molecular weight is 344 g/mol. The molecule has 1 N–H and O–H groups in total. The highest BCUT2D eigenvalue weighted by atomic mass is 16.5. The first-order valence-corrected chi connectivity index (χ1v) is 9.22. The number of amides is 2. The maximum absolute atomic E-state index is 12.5. The number of hydrogen-bond acceptors (Lipinski definition) is 3. The average Bonchev–Trinajstić information content (AvgIpc) is 3.17. The minimum Gasteiger partial charge on any atom is -0.496 e. The summed E-state index contributed by atoms with van der Waals surface area (Å²) in [6.45, 7) is 5.87. The number of carbonyl (C=O) groups is 2. The molecule has 2 aliphatic rings. The van der Waals surface area contributed by atoms with Crippen LogP contribution in [0.5, 0.6) is 5.75 Å². The molecule has 1 heterocycles. The molecule has 1 fully saturated rings. The minimum atomic E-state index is -0.244. The number of ether oxygens (including phenoxy) is 1. The summed E-state index contributed by atoms with van der Waals surface area (Å²) in [6.07, 6.45) is 3.71. The molecule has 0 radical (unpaired) electrons. The van der Waals surface area contributed by atoms with E-state index < -0.39 is 0 Å². The molecule has 0 spiro atoms. The topological polar surface area (TPSA) is 58.6 Å². The number of methoxy groups -OCH3 is 1. The zero-order chi connectivity index (χ0) is 18.0. The van der Waals surface area contributed by atoms with Crippen molar-refractivity contribution >= 4 is 11.8 Å². The van der Waals surface area contributed by atoms with Crippen LogP contribution in [0.1, 0.15) is 43.4 Å². The van der Waals surface area contributed by atoms with Gasteiger partial charge in [-0.05, 0) is 42.4 Å². The normalized spacial score (nSPS) is 19.4. The van der Waals surface area contributed by atoms with E-state index in [1.165, 1.54) is 17.5 Å². The maximum atomic E-state index is 12.5. The van der Waals surface area contributed by atoms with E-state index in [9.17, 15) is 9.59 Å². The van der Waals surface area contributed by atoms with Crippen molar-refractivity contribution in [1.82, 2.24) is 10.2 Å². The van der Waals surface area contributed by atoms with Gasteiger partial charge in [-0.2, -0.15) is 0 Å².